The number of nitrogens with one attached hydrogen (secondary N) is 1. The smallest absolute Gasteiger partial charge is 0.302 e. The minimum absolute atomic E-state index is 0.0255. The van der Waals surface area contributed by atoms with Gasteiger partial charge >= 0.3 is 10.2 Å². The van der Waals surface area contributed by atoms with Crippen LogP contribution in [0.25, 0.3) is 0 Å². The molecule has 0 bridgehead atoms. The van der Waals surface area contributed by atoms with Gasteiger partial charge in [0.15, 0.2) is 0 Å². The monoisotopic (exact) mass is 424 g/mol. The molecule has 0 amide bonds. The quantitative estimate of drug-likeness (QED) is 0.589. The number of carbonyl (C=O) groups excluding carboxylic acids is 1. The largest absolute Gasteiger partial charge is 0.487 e. The first-order chi connectivity index (χ1) is 14.5. The van der Waals surface area contributed by atoms with Crippen LogP contribution in [0.5, 0.6) is 17.2 Å². The SMILES string of the molecule is O=CC1CN(c2cc(Oc3ccccc3)ccc2OCc2ccccc2)S(=O)(=O)N1. The van der Waals surface area contributed by atoms with E-state index in [2.05, 4.69) is 4.72 Å². The third-order valence-electron chi connectivity index (χ3n) is 4.53. The zero-order valence-electron chi connectivity index (χ0n) is 16.0. The van der Waals surface area contributed by atoms with Crippen molar-refractivity contribution in [3.8, 4) is 17.2 Å². The number of anilines is 1. The summed E-state index contributed by atoms with van der Waals surface area (Å²) in [7, 11) is -3.88. The minimum Gasteiger partial charge on any atom is -0.487 e. The molecule has 0 radical (unpaired) electrons. The van der Waals surface area contributed by atoms with Crippen LogP contribution in [0.1, 0.15) is 5.56 Å². The number of aldehydes is 1. The second-order valence-electron chi connectivity index (χ2n) is 6.72. The second-order valence-corrected chi connectivity index (χ2v) is 8.34. The van der Waals surface area contributed by atoms with E-state index in [1.165, 1.54) is 0 Å². The maximum Gasteiger partial charge on any atom is 0.302 e. The second kappa shape index (κ2) is 8.56. The van der Waals surface area contributed by atoms with Crippen molar-refractivity contribution in [2.24, 2.45) is 0 Å². The topological polar surface area (TPSA) is 84.9 Å². The van der Waals surface area contributed by atoms with Gasteiger partial charge in [-0.15, -0.1) is 0 Å². The van der Waals surface area contributed by atoms with Gasteiger partial charge in [0.05, 0.1) is 18.3 Å². The van der Waals surface area contributed by atoms with Gasteiger partial charge in [-0.25, -0.2) is 0 Å². The van der Waals surface area contributed by atoms with Gasteiger partial charge in [0.2, 0.25) is 0 Å². The average molecular weight is 424 g/mol. The average Bonchev–Trinajstić information content (AvgIpc) is 3.08. The molecule has 0 aromatic heterocycles. The lowest BCUT2D eigenvalue weighted by Gasteiger charge is -2.21. The Morgan fingerprint density at radius 1 is 0.967 bits per heavy atom. The van der Waals surface area contributed by atoms with Gasteiger partial charge < -0.3 is 14.3 Å². The highest BCUT2D eigenvalue weighted by atomic mass is 32.2. The van der Waals surface area contributed by atoms with Crippen molar-refractivity contribution in [2.75, 3.05) is 10.8 Å². The third-order valence-corrected chi connectivity index (χ3v) is 6.06. The Labute approximate surface area is 175 Å². The van der Waals surface area contributed by atoms with Gasteiger partial charge in [0, 0.05) is 6.07 Å². The van der Waals surface area contributed by atoms with Crippen molar-refractivity contribution in [3.63, 3.8) is 0 Å². The van der Waals surface area contributed by atoms with Gasteiger partial charge in [-0.2, -0.15) is 13.1 Å². The number of carbonyl (C=O) groups is 1. The van der Waals surface area contributed by atoms with Gasteiger partial charge in [0.1, 0.15) is 30.1 Å². The van der Waals surface area contributed by atoms with E-state index in [1.54, 1.807) is 30.3 Å². The molecule has 0 spiro atoms. The zero-order chi connectivity index (χ0) is 21.0. The van der Waals surface area contributed by atoms with Crippen LogP contribution in [0.4, 0.5) is 5.69 Å². The molecular weight excluding hydrogens is 404 g/mol. The molecule has 3 aromatic carbocycles. The number of para-hydroxylation sites is 1. The molecule has 4 rings (SSSR count). The summed E-state index contributed by atoms with van der Waals surface area (Å²) >= 11 is 0. The number of benzene rings is 3. The Morgan fingerprint density at radius 2 is 1.67 bits per heavy atom. The Morgan fingerprint density at radius 3 is 2.33 bits per heavy atom. The van der Waals surface area contributed by atoms with Crippen LogP contribution in [-0.2, 0) is 21.6 Å². The summed E-state index contributed by atoms with van der Waals surface area (Å²) < 4.78 is 40.4. The van der Waals surface area contributed by atoms with Crippen LogP contribution in [-0.4, -0.2) is 27.3 Å². The van der Waals surface area contributed by atoms with Crippen LogP contribution in [0.2, 0.25) is 0 Å². The number of hydrogen-bond donors (Lipinski definition) is 1. The molecular formula is C22H20N2O5S. The van der Waals surface area contributed by atoms with E-state index in [9.17, 15) is 13.2 Å². The van der Waals surface area contributed by atoms with Crippen molar-refractivity contribution in [2.45, 2.75) is 12.6 Å². The maximum atomic E-state index is 12.6. The van der Waals surface area contributed by atoms with E-state index in [-0.39, 0.29) is 13.2 Å². The molecule has 1 unspecified atom stereocenters. The normalized spacial score (nSPS) is 17.5. The van der Waals surface area contributed by atoms with Gasteiger partial charge in [-0.3, -0.25) is 4.31 Å². The highest BCUT2D eigenvalue weighted by molar-refractivity contribution is 7.91. The molecule has 1 atom stereocenters. The highest BCUT2D eigenvalue weighted by Gasteiger charge is 2.37. The van der Waals surface area contributed by atoms with E-state index in [0.717, 1.165) is 9.87 Å². The van der Waals surface area contributed by atoms with E-state index >= 15 is 0 Å². The number of ether oxygens (including phenoxy) is 2. The highest BCUT2D eigenvalue weighted by Crippen LogP contribution is 2.37. The Balaban J connectivity index is 1.67. The molecule has 3 aromatic rings. The minimum atomic E-state index is -3.88. The standard InChI is InChI=1S/C22H20N2O5S/c25-15-18-14-24(30(26,27)23-18)21-13-20(29-19-9-5-2-6-10-19)11-12-22(21)28-16-17-7-3-1-4-8-17/h1-13,15,18,23H,14,16H2. The Kier molecular flexibility index (Phi) is 5.69. The summed E-state index contributed by atoms with van der Waals surface area (Å²) in [6.45, 7) is 0.244. The van der Waals surface area contributed by atoms with Crippen molar-refractivity contribution >= 4 is 22.2 Å². The molecule has 0 saturated carbocycles. The summed E-state index contributed by atoms with van der Waals surface area (Å²) in [6.07, 6.45) is 0.576. The van der Waals surface area contributed by atoms with E-state index in [4.69, 9.17) is 9.47 Å². The first kappa shape index (κ1) is 19.9. The molecule has 1 N–H and O–H groups in total. The van der Waals surface area contributed by atoms with Crippen molar-refractivity contribution in [1.82, 2.24) is 4.72 Å². The first-order valence-corrected chi connectivity index (χ1v) is 10.8. The van der Waals surface area contributed by atoms with Gasteiger partial charge in [0.25, 0.3) is 0 Å². The summed E-state index contributed by atoms with van der Waals surface area (Å²) in [5, 5.41) is 0. The lowest BCUT2D eigenvalue weighted by molar-refractivity contribution is -0.108. The van der Waals surface area contributed by atoms with Crippen molar-refractivity contribution in [1.29, 1.82) is 0 Å². The molecule has 8 heteroatoms. The number of hydrogen-bond acceptors (Lipinski definition) is 5. The Hall–Kier alpha value is -3.36. The summed E-state index contributed by atoms with van der Waals surface area (Å²) in [5.74, 6) is 1.44. The summed E-state index contributed by atoms with van der Waals surface area (Å²) in [5.41, 5.74) is 1.25. The van der Waals surface area contributed by atoms with E-state index in [0.29, 0.717) is 29.2 Å². The molecule has 30 heavy (non-hydrogen) atoms. The molecule has 1 aliphatic heterocycles. The van der Waals surface area contributed by atoms with Gasteiger partial charge in [-0.1, -0.05) is 48.5 Å². The van der Waals surface area contributed by atoms with E-state index < -0.39 is 16.3 Å². The summed E-state index contributed by atoms with van der Waals surface area (Å²) in [6, 6.07) is 22.9. The molecule has 0 aliphatic carbocycles. The molecule has 1 saturated heterocycles. The van der Waals surface area contributed by atoms with Crippen molar-refractivity contribution in [3.05, 3.63) is 84.4 Å². The predicted octanol–water partition coefficient (Wildman–Crippen LogP) is 3.28. The zero-order valence-corrected chi connectivity index (χ0v) is 16.8. The third kappa shape index (κ3) is 4.45. The lowest BCUT2D eigenvalue weighted by atomic mass is 10.2. The predicted molar refractivity (Wildman–Crippen MR) is 113 cm³/mol. The molecule has 1 fully saturated rings. The van der Waals surface area contributed by atoms with E-state index in [1.807, 2.05) is 48.5 Å². The van der Waals surface area contributed by atoms with Crippen LogP contribution >= 0.6 is 0 Å². The number of rotatable bonds is 7. The number of nitrogens with zero attached hydrogens (tertiary/aromatic N) is 1. The maximum absolute atomic E-state index is 12.6. The molecule has 1 heterocycles. The van der Waals surface area contributed by atoms with Crippen LogP contribution < -0.4 is 18.5 Å². The van der Waals surface area contributed by atoms with Crippen LogP contribution in [0.15, 0.2) is 78.9 Å². The fraction of sp³-hybridized carbons (Fsp3) is 0.136. The molecule has 154 valence electrons. The molecule has 1 aliphatic rings. The first-order valence-electron chi connectivity index (χ1n) is 9.34. The Bertz CT molecular complexity index is 1120. The fourth-order valence-corrected chi connectivity index (χ4v) is 4.50. The molecule has 7 nitrogen and oxygen atoms in total. The van der Waals surface area contributed by atoms with Crippen molar-refractivity contribution < 1.29 is 22.7 Å². The summed E-state index contributed by atoms with van der Waals surface area (Å²) in [4.78, 5) is 11.2. The van der Waals surface area contributed by atoms with Crippen LogP contribution in [0, 0.1) is 0 Å². The lowest BCUT2D eigenvalue weighted by Crippen LogP contribution is -2.30. The van der Waals surface area contributed by atoms with Gasteiger partial charge in [-0.05, 0) is 29.8 Å². The van der Waals surface area contributed by atoms with Crippen LogP contribution in [0.3, 0.4) is 0 Å². The fourth-order valence-electron chi connectivity index (χ4n) is 3.11.